The lowest BCUT2D eigenvalue weighted by molar-refractivity contribution is 0.262. The molecule has 0 radical (unpaired) electrons. The van der Waals surface area contributed by atoms with Gasteiger partial charge in [0.15, 0.2) is 5.13 Å². The Morgan fingerprint density at radius 1 is 1.14 bits per heavy atom. The number of thiazole rings is 1. The van der Waals surface area contributed by atoms with Crippen LogP contribution >= 0.6 is 22.9 Å². The van der Waals surface area contributed by atoms with E-state index >= 15 is 0 Å². The Hall–Kier alpha value is -2.31. The molecule has 0 aliphatic rings. The molecule has 2 amide bonds. The van der Waals surface area contributed by atoms with Gasteiger partial charge in [-0.1, -0.05) is 22.9 Å². The van der Waals surface area contributed by atoms with E-state index in [1.165, 1.54) is 11.3 Å². The van der Waals surface area contributed by atoms with Crippen LogP contribution < -0.4 is 16.4 Å². The summed E-state index contributed by atoms with van der Waals surface area (Å²) in [6.07, 6.45) is 0. The highest BCUT2D eigenvalue weighted by molar-refractivity contribution is 7.22. The van der Waals surface area contributed by atoms with Crippen LogP contribution in [0.5, 0.6) is 0 Å². The number of hydrogen-bond acceptors (Lipinski definition) is 4. The molecule has 0 fully saturated rings. The van der Waals surface area contributed by atoms with E-state index < -0.39 is 0 Å². The summed E-state index contributed by atoms with van der Waals surface area (Å²) in [5, 5.41) is 6.54. The Kier molecular flexibility index (Phi) is 3.64. The van der Waals surface area contributed by atoms with Crippen molar-refractivity contribution >= 4 is 55.7 Å². The van der Waals surface area contributed by atoms with Crippen molar-refractivity contribution in [2.45, 2.75) is 0 Å². The van der Waals surface area contributed by atoms with Crippen LogP contribution in [0.2, 0.25) is 5.02 Å². The van der Waals surface area contributed by atoms with Gasteiger partial charge in [0.2, 0.25) is 0 Å². The van der Waals surface area contributed by atoms with Gasteiger partial charge in [-0.3, -0.25) is 5.32 Å². The molecule has 21 heavy (non-hydrogen) atoms. The van der Waals surface area contributed by atoms with Crippen molar-refractivity contribution in [3.05, 3.63) is 47.5 Å². The predicted molar refractivity (Wildman–Crippen MR) is 88.1 cm³/mol. The number of nitrogens with zero attached hydrogens (tertiary/aromatic N) is 1. The van der Waals surface area contributed by atoms with Crippen molar-refractivity contribution in [1.82, 2.24) is 4.98 Å². The van der Waals surface area contributed by atoms with Crippen molar-refractivity contribution in [3.8, 4) is 0 Å². The first-order chi connectivity index (χ1) is 10.1. The van der Waals surface area contributed by atoms with Crippen LogP contribution in [-0.2, 0) is 0 Å². The first kappa shape index (κ1) is 13.7. The number of urea groups is 1. The third-order valence-corrected chi connectivity index (χ3v) is 3.92. The van der Waals surface area contributed by atoms with E-state index in [-0.39, 0.29) is 6.03 Å². The van der Waals surface area contributed by atoms with Gasteiger partial charge in [-0.15, -0.1) is 0 Å². The number of benzene rings is 2. The maximum absolute atomic E-state index is 11.9. The molecule has 1 heterocycles. The Labute approximate surface area is 129 Å². The zero-order valence-corrected chi connectivity index (χ0v) is 12.3. The van der Waals surface area contributed by atoms with Gasteiger partial charge in [0.05, 0.1) is 10.2 Å². The van der Waals surface area contributed by atoms with E-state index in [2.05, 4.69) is 15.6 Å². The third-order valence-electron chi connectivity index (χ3n) is 2.74. The molecule has 106 valence electrons. The number of rotatable bonds is 2. The van der Waals surface area contributed by atoms with Crippen LogP contribution in [0.15, 0.2) is 42.5 Å². The molecule has 0 aliphatic heterocycles. The minimum absolute atomic E-state index is 0.357. The van der Waals surface area contributed by atoms with E-state index in [0.29, 0.717) is 21.5 Å². The lowest BCUT2D eigenvalue weighted by Gasteiger charge is -2.04. The summed E-state index contributed by atoms with van der Waals surface area (Å²) in [5.41, 5.74) is 7.84. The van der Waals surface area contributed by atoms with Crippen molar-refractivity contribution in [1.29, 1.82) is 0 Å². The standard InChI is InChI=1S/C14H11ClN4OS/c15-8-1-4-10(5-2-8)17-13(20)19-14-18-11-6-3-9(16)7-12(11)21-14/h1-7H,16H2,(H2,17,18,19,20). The van der Waals surface area contributed by atoms with Gasteiger partial charge in [0.1, 0.15) is 0 Å². The molecule has 0 unspecified atom stereocenters. The van der Waals surface area contributed by atoms with Gasteiger partial charge in [0, 0.05) is 16.4 Å². The molecule has 0 spiro atoms. The monoisotopic (exact) mass is 318 g/mol. The maximum Gasteiger partial charge on any atom is 0.325 e. The number of anilines is 3. The topological polar surface area (TPSA) is 80.0 Å². The van der Waals surface area contributed by atoms with E-state index in [9.17, 15) is 4.79 Å². The smallest absolute Gasteiger partial charge is 0.325 e. The number of nitrogen functional groups attached to an aromatic ring is 1. The van der Waals surface area contributed by atoms with Crippen LogP contribution in [0.25, 0.3) is 10.2 Å². The van der Waals surface area contributed by atoms with E-state index in [1.54, 1.807) is 30.3 Å². The number of nitrogens with two attached hydrogens (primary N) is 1. The Bertz CT molecular complexity index is 800. The Balaban J connectivity index is 1.72. The van der Waals surface area contributed by atoms with E-state index in [0.717, 1.165) is 10.2 Å². The summed E-state index contributed by atoms with van der Waals surface area (Å²) in [4.78, 5) is 16.2. The molecular weight excluding hydrogens is 308 g/mol. The molecule has 3 aromatic rings. The molecule has 3 rings (SSSR count). The number of amides is 2. The van der Waals surface area contributed by atoms with Gasteiger partial charge in [-0.2, -0.15) is 0 Å². The number of halogens is 1. The largest absolute Gasteiger partial charge is 0.399 e. The number of hydrogen-bond donors (Lipinski definition) is 3. The average molecular weight is 319 g/mol. The second-order valence-electron chi connectivity index (χ2n) is 4.33. The fraction of sp³-hybridized carbons (Fsp3) is 0. The first-order valence-electron chi connectivity index (χ1n) is 6.10. The SMILES string of the molecule is Nc1ccc2nc(NC(=O)Nc3ccc(Cl)cc3)sc2c1. The molecule has 0 bridgehead atoms. The summed E-state index contributed by atoms with van der Waals surface area (Å²) < 4.78 is 0.928. The van der Waals surface area contributed by atoms with Crippen LogP contribution in [0.3, 0.4) is 0 Å². The van der Waals surface area contributed by atoms with Crippen LogP contribution in [0, 0.1) is 0 Å². The molecule has 4 N–H and O–H groups in total. The molecule has 0 atom stereocenters. The Morgan fingerprint density at radius 3 is 2.67 bits per heavy atom. The van der Waals surface area contributed by atoms with Crippen LogP contribution in [0.4, 0.5) is 21.3 Å². The van der Waals surface area contributed by atoms with Gasteiger partial charge >= 0.3 is 6.03 Å². The average Bonchev–Trinajstić information content (AvgIpc) is 2.82. The normalized spacial score (nSPS) is 10.5. The van der Waals surface area contributed by atoms with Crippen molar-refractivity contribution in [2.24, 2.45) is 0 Å². The molecule has 0 saturated carbocycles. The number of fused-ring (bicyclic) bond motifs is 1. The maximum atomic E-state index is 11.9. The molecular formula is C14H11ClN4OS. The molecule has 7 heteroatoms. The van der Waals surface area contributed by atoms with E-state index in [4.69, 9.17) is 17.3 Å². The number of aromatic nitrogens is 1. The fourth-order valence-electron chi connectivity index (χ4n) is 1.79. The zero-order valence-electron chi connectivity index (χ0n) is 10.8. The minimum atomic E-state index is -0.357. The second-order valence-corrected chi connectivity index (χ2v) is 5.80. The predicted octanol–water partition coefficient (Wildman–Crippen LogP) is 4.18. The summed E-state index contributed by atoms with van der Waals surface area (Å²) in [6.45, 7) is 0. The van der Waals surface area contributed by atoms with Gasteiger partial charge < -0.3 is 11.1 Å². The highest BCUT2D eigenvalue weighted by Gasteiger charge is 2.08. The van der Waals surface area contributed by atoms with Gasteiger partial charge in [-0.25, -0.2) is 9.78 Å². The van der Waals surface area contributed by atoms with Crippen molar-refractivity contribution in [2.75, 3.05) is 16.4 Å². The fourth-order valence-corrected chi connectivity index (χ4v) is 2.82. The summed E-state index contributed by atoms with van der Waals surface area (Å²) in [5.74, 6) is 0. The minimum Gasteiger partial charge on any atom is -0.399 e. The second kappa shape index (κ2) is 5.59. The summed E-state index contributed by atoms with van der Waals surface area (Å²) in [7, 11) is 0. The quantitative estimate of drug-likeness (QED) is 0.620. The molecule has 2 aromatic carbocycles. The highest BCUT2D eigenvalue weighted by atomic mass is 35.5. The molecule has 0 saturated heterocycles. The lowest BCUT2D eigenvalue weighted by Crippen LogP contribution is -2.19. The summed E-state index contributed by atoms with van der Waals surface area (Å²) in [6, 6.07) is 11.9. The van der Waals surface area contributed by atoms with Crippen LogP contribution in [0.1, 0.15) is 0 Å². The molecule has 1 aromatic heterocycles. The Morgan fingerprint density at radius 2 is 1.90 bits per heavy atom. The van der Waals surface area contributed by atoms with E-state index in [1.807, 2.05) is 12.1 Å². The molecule has 0 aliphatic carbocycles. The lowest BCUT2D eigenvalue weighted by atomic mass is 10.3. The van der Waals surface area contributed by atoms with Crippen molar-refractivity contribution < 1.29 is 4.79 Å². The molecule has 5 nitrogen and oxygen atoms in total. The number of carbonyl (C=O) groups excluding carboxylic acids is 1. The highest BCUT2D eigenvalue weighted by Crippen LogP contribution is 2.27. The number of carbonyl (C=O) groups is 1. The van der Waals surface area contributed by atoms with Gasteiger partial charge in [-0.05, 0) is 42.5 Å². The van der Waals surface area contributed by atoms with Crippen molar-refractivity contribution in [3.63, 3.8) is 0 Å². The summed E-state index contributed by atoms with van der Waals surface area (Å²) >= 11 is 7.16. The third kappa shape index (κ3) is 3.24. The van der Waals surface area contributed by atoms with Gasteiger partial charge in [0.25, 0.3) is 0 Å². The van der Waals surface area contributed by atoms with Crippen LogP contribution in [-0.4, -0.2) is 11.0 Å². The zero-order chi connectivity index (χ0) is 14.8. The first-order valence-corrected chi connectivity index (χ1v) is 7.29. The number of nitrogens with one attached hydrogen (secondary N) is 2.